The van der Waals surface area contributed by atoms with Crippen LogP contribution in [0.1, 0.15) is 21.5 Å². The Labute approximate surface area is 121 Å². The van der Waals surface area contributed by atoms with Crippen LogP contribution in [0.4, 0.5) is 5.69 Å². The van der Waals surface area contributed by atoms with Crippen LogP contribution in [0, 0.1) is 17.0 Å². The zero-order valence-electron chi connectivity index (χ0n) is 10.8. The van der Waals surface area contributed by atoms with Gasteiger partial charge in [0.15, 0.2) is 5.78 Å². The Morgan fingerprint density at radius 1 is 1.20 bits per heavy atom. The standard InChI is InChI=1S/C15H12ClNO3/c1-10-8-12(4-7-14(10)17(19)20)15(18)9-11-2-5-13(16)6-3-11/h2-8H,9H2,1H3. The summed E-state index contributed by atoms with van der Waals surface area (Å²) in [6.07, 6.45) is 0.244. The molecule has 0 N–H and O–H groups in total. The van der Waals surface area contributed by atoms with Gasteiger partial charge in [-0.2, -0.15) is 0 Å². The van der Waals surface area contributed by atoms with Gasteiger partial charge in [-0.1, -0.05) is 23.7 Å². The summed E-state index contributed by atoms with van der Waals surface area (Å²) in [7, 11) is 0. The van der Waals surface area contributed by atoms with E-state index in [1.165, 1.54) is 12.1 Å². The molecule has 0 aliphatic rings. The van der Waals surface area contributed by atoms with Crippen molar-refractivity contribution in [2.24, 2.45) is 0 Å². The lowest BCUT2D eigenvalue weighted by molar-refractivity contribution is -0.385. The van der Waals surface area contributed by atoms with Gasteiger partial charge in [0.1, 0.15) is 0 Å². The molecule has 0 aliphatic carbocycles. The third-order valence-electron chi connectivity index (χ3n) is 2.99. The van der Waals surface area contributed by atoms with Crippen LogP contribution in [0.15, 0.2) is 42.5 Å². The average Bonchev–Trinajstić information content (AvgIpc) is 2.40. The molecule has 0 radical (unpaired) electrons. The maximum atomic E-state index is 12.1. The molecular weight excluding hydrogens is 278 g/mol. The molecule has 0 aromatic heterocycles. The van der Waals surface area contributed by atoms with E-state index in [4.69, 9.17) is 11.6 Å². The van der Waals surface area contributed by atoms with Crippen molar-refractivity contribution in [3.05, 3.63) is 74.3 Å². The van der Waals surface area contributed by atoms with Crippen LogP contribution in [0.5, 0.6) is 0 Å². The van der Waals surface area contributed by atoms with E-state index in [0.717, 1.165) is 5.56 Å². The fraction of sp³-hybridized carbons (Fsp3) is 0.133. The Kier molecular flexibility index (Phi) is 4.15. The van der Waals surface area contributed by atoms with Crippen molar-refractivity contribution in [2.45, 2.75) is 13.3 Å². The third kappa shape index (κ3) is 3.22. The Bertz CT molecular complexity index is 665. The van der Waals surface area contributed by atoms with Gasteiger partial charge < -0.3 is 0 Å². The summed E-state index contributed by atoms with van der Waals surface area (Å²) >= 11 is 5.78. The number of Topliss-reactive ketones (excluding diaryl/α,β-unsaturated/α-hetero) is 1. The van der Waals surface area contributed by atoms with Crippen LogP contribution in [0.3, 0.4) is 0 Å². The Morgan fingerprint density at radius 3 is 2.40 bits per heavy atom. The van der Waals surface area contributed by atoms with Gasteiger partial charge in [0, 0.05) is 28.6 Å². The molecule has 0 heterocycles. The fourth-order valence-corrected chi connectivity index (χ4v) is 2.05. The van der Waals surface area contributed by atoms with E-state index in [-0.39, 0.29) is 17.9 Å². The molecule has 2 rings (SSSR count). The van der Waals surface area contributed by atoms with Crippen LogP contribution in [0.2, 0.25) is 5.02 Å². The van der Waals surface area contributed by atoms with E-state index in [1.54, 1.807) is 37.3 Å². The van der Waals surface area contributed by atoms with Gasteiger partial charge in [-0.15, -0.1) is 0 Å². The maximum absolute atomic E-state index is 12.1. The number of nitro groups is 1. The second kappa shape index (κ2) is 5.84. The van der Waals surface area contributed by atoms with Crippen molar-refractivity contribution in [1.29, 1.82) is 0 Å². The monoisotopic (exact) mass is 289 g/mol. The molecule has 0 spiro atoms. The first-order valence-corrected chi connectivity index (χ1v) is 6.38. The number of rotatable bonds is 4. The Balaban J connectivity index is 2.19. The largest absolute Gasteiger partial charge is 0.294 e. The normalized spacial score (nSPS) is 10.3. The molecule has 0 aliphatic heterocycles. The maximum Gasteiger partial charge on any atom is 0.272 e. The van der Waals surface area contributed by atoms with Gasteiger partial charge in [-0.25, -0.2) is 0 Å². The first-order valence-electron chi connectivity index (χ1n) is 6.00. The minimum Gasteiger partial charge on any atom is -0.294 e. The van der Waals surface area contributed by atoms with Crippen molar-refractivity contribution in [3.8, 4) is 0 Å². The van der Waals surface area contributed by atoms with E-state index >= 15 is 0 Å². The highest BCUT2D eigenvalue weighted by molar-refractivity contribution is 6.30. The van der Waals surface area contributed by atoms with Gasteiger partial charge in [-0.3, -0.25) is 14.9 Å². The third-order valence-corrected chi connectivity index (χ3v) is 3.25. The number of nitrogens with zero attached hydrogens (tertiary/aromatic N) is 1. The quantitative estimate of drug-likeness (QED) is 0.486. The number of halogens is 1. The predicted molar refractivity (Wildman–Crippen MR) is 77.3 cm³/mol. The highest BCUT2D eigenvalue weighted by atomic mass is 35.5. The molecule has 0 fully saturated rings. The summed E-state index contributed by atoms with van der Waals surface area (Å²) in [6, 6.07) is 11.4. The molecule has 0 saturated carbocycles. The lowest BCUT2D eigenvalue weighted by atomic mass is 10.0. The van der Waals surface area contributed by atoms with E-state index in [9.17, 15) is 14.9 Å². The van der Waals surface area contributed by atoms with Crippen molar-refractivity contribution in [2.75, 3.05) is 0 Å². The number of aryl methyl sites for hydroxylation is 1. The van der Waals surface area contributed by atoms with E-state index in [0.29, 0.717) is 16.1 Å². The van der Waals surface area contributed by atoms with Gasteiger partial charge in [-0.05, 0) is 36.8 Å². The number of carbonyl (C=O) groups excluding carboxylic acids is 1. The first-order chi connectivity index (χ1) is 9.47. The molecule has 2 aromatic carbocycles. The average molecular weight is 290 g/mol. The van der Waals surface area contributed by atoms with Crippen molar-refractivity contribution in [3.63, 3.8) is 0 Å². The predicted octanol–water partition coefficient (Wildman–Crippen LogP) is 3.98. The van der Waals surface area contributed by atoms with E-state index in [2.05, 4.69) is 0 Å². The molecule has 102 valence electrons. The zero-order chi connectivity index (χ0) is 14.7. The van der Waals surface area contributed by atoms with Crippen LogP contribution < -0.4 is 0 Å². The molecule has 0 saturated heterocycles. The highest BCUT2D eigenvalue weighted by Gasteiger charge is 2.14. The van der Waals surface area contributed by atoms with Crippen molar-refractivity contribution in [1.82, 2.24) is 0 Å². The van der Waals surface area contributed by atoms with Crippen LogP contribution >= 0.6 is 11.6 Å². The smallest absolute Gasteiger partial charge is 0.272 e. The molecule has 0 bridgehead atoms. The summed E-state index contributed by atoms with van der Waals surface area (Å²) in [5.41, 5.74) is 1.84. The minimum absolute atomic E-state index is 0.0213. The fourth-order valence-electron chi connectivity index (χ4n) is 1.92. The molecule has 20 heavy (non-hydrogen) atoms. The number of hydrogen-bond acceptors (Lipinski definition) is 3. The van der Waals surface area contributed by atoms with Crippen molar-refractivity contribution >= 4 is 23.1 Å². The molecule has 4 nitrogen and oxygen atoms in total. The summed E-state index contributed by atoms with van der Waals surface area (Å²) in [4.78, 5) is 22.4. The van der Waals surface area contributed by atoms with Gasteiger partial charge in [0.2, 0.25) is 0 Å². The summed E-state index contributed by atoms with van der Waals surface area (Å²) in [5, 5.41) is 11.4. The van der Waals surface area contributed by atoms with Gasteiger partial charge in [0.05, 0.1) is 4.92 Å². The first kappa shape index (κ1) is 14.2. The number of carbonyl (C=O) groups is 1. The van der Waals surface area contributed by atoms with Crippen molar-refractivity contribution < 1.29 is 9.72 Å². The molecule has 0 unspecified atom stereocenters. The number of benzene rings is 2. The highest BCUT2D eigenvalue weighted by Crippen LogP contribution is 2.20. The summed E-state index contributed by atoms with van der Waals surface area (Å²) in [6.45, 7) is 1.62. The molecule has 5 heteroatoms. The minimum atomic E-state index is -0.456. The van der Waals surface area contributed by atoms with Crippen LogP contribution in [-0.4, -0.2) is 10.7 Å². The number of hydrogen-bond donors (Lipinski definition) is 0. The Morgan fingerprint density at radius 2 is 1.85 bits per heavy atom. The lowest BCUT2D eigenvalue weighted by Crippen LogP contribution is -2.04. The van der Waals surface area contributed by atoms with Crippen LogP contribution in [-0.2, 0) is 6.42 Å². The van der Waals surface area contributed by atoms with Gasteiger partial charge in [0.25, 0.3) is 5.69 Å². The topological polar surface area (TPSA) is 60.2 Å². The SMILES string of the molecule is Cc1cc(C(=O)Cc2ccc(Cl)cc2)ccc1[N+](=O)[O-]. The molecular formula is C15H12ClNO3. The molecule has 0 atom stereocenters. The molecule has 0 amide bonds. The lowest BCUT2D eigenvalue weighted by Gasteiger charge is -2.04. The summed E-state index contributed by atoms with van der Waals surface area (Å²) < 4.78 is 0. The summed E-state index contributed by atoms with van der Waals surface area (Å²) in [5.74, 6) is -0.0784. The second-order valence-corrected chi connectivity index (χ2v) is 4.92. The second-order valence-electron chi connectivity index (χ2n) is 4.48. The van der Waals surface area contributed by atoms with E-state index in [1.807, 2.05) is 0 Å². The molecule has 2 aromatic rings. The van der Waals surface area contributed by atoms with E-state index < -0.39 is 4.92 Å². The number of ketones is 1. The van der Waals surface area contributed by atoms with Crippen LogP contribution in [0.25, 0.3) is 0 Å². The number of nitro benzene ring substituents is 1. The Hall–Kier alpha value is -2.20. The van der Waals surface area contributed by atoms with Gasteiger partial charge >= 0.3 is 0 Å². The zero-order valence-corrected chi connectivity index (χ0v) is 11.6.